The molecule has 156 valence electrons. The molecule has 4 nitrogen and oxygen atoms in total. The van der Waals surface area contributed by atoms with Crippen LogP contribution in [0.3, 0.4) is 0 Å². The molecule has 2 rings (SSSR count). The Morgan fingerprint density at radius 3 is 2.50 bits per heavy atom. The number of likely N-dealkylation sites (tertiary alicyclic amines) is 1. The highest BCUT2D eigenvalue weighted by atomic mass is 35.5. The molecule has 2 fully saturated rings. The van der Waals surface area contributed by atoms with Crippen LogP contribution in [0.1, 0.15) is 66.2 Å². The molecule has 0 aromatic rings. The van der Waals surface area contributed by atoms with Crippen molar-refractivity contribution in [2.45, 2.75) is 71.8 Å². The lowest BCUT2D eigenvalue weighted by atomic mass is 9.84. The molecule has 2 N–H and O–H groups in total. The van der Waals surface area contributed by atoms with Crippen molar-refractivity contribution < 1.29 is 4.79 Å². The van der Waals surface area contributed by atoms with Gasteiger partial charge in [-0.3, -0.25) is 9.69 Å². The maximum absolute atomic E-state index is 12.4. The second kappa shape index (κ2) is 12.4. The normalized spacial score (nSPS) is 23.5. The molecule has 0 saturated carbocycles. The van der Waals surface area contributed by atoms with Crippen molar-refractivity contribution in [3.8, 4) is 0 Å². The van der Waals surface area contributed by atoms with Gasteiger partial charge in [0.25, 0.3) is 0 Å². The number of amides is 1. The predicted octanol–water partition coefficient (Wildman–Crippen LogP) is 3.87. The number of carbonyl (C=O) groups is 1. The molecule has 6 heteroatoms. The molecule has 2 aliphatic heterocycles. The van der Waals surface area contributed by atoms with Crippen LogP contribution in [-0.2, 0) is 4.79 Å². The lowest BCUT2D eigenvalue weighted by Crippen LogP contribution is -2.55. The van der Waals surface area contributed by atoms with Crippen LogP contribution in [-0.4, -0.2) is 49.1 Å². The number of nitrogens with one attached hydrogen (secondary N) is 2. The monoisotopic (exact) mass is 409 g/mol. The van der Waals surface area contributed by atoms with E-state index in [2.05, 4.69) is 43.2 Å². The van der Waals surface area contributed by atoms with Crippen LogP contribution in [0.25, 0.3) is 0 Å². The molecular weight excluding hydrogens is 369 g/mol. The highest BCUT2D eigenvalue weighted by Gasteiger charge is 2.31. The highest BCUT2D eigenvalue weighted by molar-refractivity contribution is 5.85. The van der Waals surface area contributed by atoms with Gasteiger partial charge in [0.05, 0.1) is 0 Å². The molecule has 2 unspecified atom stereocenters. The smallest absolute Gasteiger partial charge is 0.220 e. The predicted molar refractivity (Wildman–Crippen MR) is 116 cm³/mol. The third-order valence-corrected chi connectivity index (χ3v) is 6.37. The summed E-state index contributed by atoms with van der Waals surface area (Å²) in [4.78, 5) is 15.0. The van der Waals surface area contributed by atoms with E-state index in [-0.39, 0.29) is 36.3 Å². The maximum Gasteiger partial charge on any atom is 0.220 e. The minimum Gasteiger partial charge on any atom is -0.354 e. The minimum absolute atomic E-state index is 0. The molecule has 2 saturated heterocycles. The summed E-state index contributed by atoms with van der Waals surface area (Å²) in [6.07, 6.45) is 7.04. The van der Waals surface area contributed by atoms with E-state index in [9.17, 15) is 4.79 Å². The van der Waals surface area contributed by atoms with Gasteiger partial charge in [-0.05, 0) is 76.9 Å². The number of hydrogen-bond donors (Lipinski definition) is 2. The third-order valence-electron chi connectivity index (χ3n) is 6.37. The molecule has 2 atom stereocenters. The number of rotatable bonds is 7. The summed E-state index contributed by atoms with van der Waals surface area (Å²) >= 11 is 0. The fraction of sp³-hybridized carbons (Fsp3) is 0.950. The van der Waals surface area contributed by atoms with Crippen molar-refractivity contribution in [3.05, 3.63) is 0 Å². The average molecular weight is 410 g/mol. The summed E-state index contributed by atoms with van der Waals surface area (Å²) in [5.74, 6) is 2.26. The highest BCUT2D eigenvalue weighted by Crippen LogP contribution is 2.26. The molecule has 26 heavy (non-hydrogen) atoms. The summed E-state index contributed by atoms with van der Waals surface area (Å²) in [5.41, 5.74) is 0.0570. The molecule has 0 spiro atoms. The maximum atomic E-state index is 12.4. The SMILES string of the molecule is CCC1CCCN(C(C)(C)CNC(=O)CC(C)C2CCNCC2)C1.Cl.Cl. The summed E-state index contributed by atoms with van der Waals surface area (Å²) in [5, 5.41) is 6.63. The Morgan fingerprint density at radius 1 is 1.23 bits per heavy atom. The van der Waals surface area contributed by atoms with Crippen LogP contribution in [0.4, 0.5) is 0 Å². The molecule has 0 aliphatic carbocycles. The van der Waals surface area contributed by atoms with E-state index >= 15 is 0 Å². The lowest BCUT2D eigenvalue weighted by Gasteiger charge is -2.43. The number of piperidine rings is 2. The van der Waals surface area contributed by atoms with Crippen molar-refractivity contribution in [1.82, 2.24) is 15.5 Å². The first-order valence-corrected chi connectivity index (χ1v) is 10.1. The number of halogens is 2. The van der Waals surface area contributed by atoms with Gasteiger partial charge < -0.3 is 10.6 Å². The Balaban J connectivity index is 0.00000312. The van der Waals surface area contributed by atoms with Gasteiger partial charge in [-0.25, -0.2) is 0 Å². The molecule has 0 radical (unpaired) electrons. The fourth-order valence-electron chi connectivity index (χ4n) is 4.32. The Morgan fingerprint density at radius 2 is 1.88 bits per heavy atom. The zero-order chi connectivity index (χ0) is 17.6. The largest absolute Gasteiger partial charge is 0.354 e. The van der Waals surface area contributed by atoms with E-state index in [0.29, 0.717) is 18.3 Å². The second-order valence-corrected chi connectivity index (χ2v) is 8.72. The van der Waals surface area contributed by atoms with Gasteiger partial charge >= 0.3 is 0 Å². The molecule has 0 bridgehead atoms. The standard InChI is InChI=1S/C20H39N3O.2ClH/c1-5-17-7-6-12-23(14-17)20(3,4)15-22-19(24)13-16(2)18-8-10-21-11-9-18;;/h16-18,21H,5-15H2,1-4H3,(H,22,24);2*1H. The van der Waals surface area contributed by atoms with Crippen LogP contribution in [0.15, 0.2) is 0 Å². The van der Waals surface area contributed by atoms with Gasteiger partial charge in [-0.15, -0.1) is 24.8 Å². The van der Waals surface area contributed by atoms with Crippen LogP contribution in [0.5, 0.6) is 0 Å². The Kier molecular flexibility index (Phi) is 12.4. The van der Waals surface area contributed by atoms with E-state index in [1.807, 2.05) is 0 Å². The van der Waals surface area contributed by atoms with E-state index < -0.39 is 0 Å². The van der Waals surface area contributed by atoms with Crippen molar-refractivity contribution in [3.63, 3.8) is 0 Å². The summed E-state index contributed by atoms with van der Waals surface area (Å²) < 4.78 is 0. The van der Waals surface area contributed by atoms with Gasteiger partial charge in [0.2, 0.25) is 5.91 Å². The van der Waals surface area contributed by atoms with Crippen LogP contribution >= 0.6 is 24.8 Å². The van der Waals surface area contributed by atoms with Gasteiger partial charge in [0.1, 0.15) is 0 Å². The van der Waals surface area contributed by atoms with Crippen molar-refractivity contribution >= 4 is 30.7 Å². The Hall–Kier alpha value is -0.0300. The zero-order valence-corrected chi connectivity index (χ0v) is 18.8. The Labute approximate surface area is 173 Å². The quantitative estimate of drug-likeness (QED) is 0.670. The number of carbonyl (C=O) groups excluding carboxylic acids is 1. The minimum atomic E-state index is 0. The first-order valence-electron chi connectivity index (χ1n) is 10.1. The van der Waals surface area contributed by atoms with Crippen LogP contribution in [0.2, 0.25) is 0 Å². The number of hydrogen-bond acceptors (Lipinski definition) is 3. The zero-order valence-electron chi connectivity index (χ0n) is 17.2. The van der Waals surface area contributed by atoms with E-state index in [0.717, 1.165) is 25.6 Å². The molecule has 0 aromatic heterocycles. The third kappa shape index (κ3) is 7.92. The van der Waals surface area contributed by atoms with Gasteiger partial charge in [-0.1, -0.05) is 20.3 Å². The van der Waals surface area contributed by atoms with Crippen molar-refractivity contribution in [2.24, 2.45) is 17.8 Å². The molecule has 0 aromatic carbocycles. The summed E-state index contributed by atoms with van der Waals surface area (Å²) in [6.45, 7) is 14.4. The van der Waals surface area contributed by atoms with Crippen molar-refractivity contribution in [1.29, 1.82) is 0 Å². The van der Waals surface area contributed by atoms with Gasteiger partial charge in [0.15, 0.2) is 0 Å². The lowest BCUT2D eigenvalue weighted by molar-refractivity contribution is -0.123. The molecule has 1 amide bonds. The summed E-state index contributed by atoms with van der Waals surface area (Å²) in [7, 11) is 0. The molecule has 2 aliphatic rings. The first-order chi connectivity index (χ1) is 11.4. The molecular formula is C20H41Cl2N3O. The summed E-state index contributed by atoms with van der Waals surface area (Å²) in [6, 6.07) is 0. The number of nitrogens with zero attached hydrogens (tertiary/aromatic N) is 1. The van der Waals surface area contributed by atoms with E-state index in [4.69, 9.17) is 0 Å². The average Bonchev–Trinajstić information content (AvgIpc) is 2.61. The Bertz CT molecular complexity index is 401. The fourth-order valence-corrected chi connectivity index (χ4v) is 4.32. The second-order valence-electron chi connectivity index (χ2n) is 8.72. The van der Waals surface area contributed by atoms with E-state index in [1.165, 1.54) is 45.2 Å². The van der Waals surface area contributed by atoms with Crippen LogP contribution < -0.4 is 10.6 Å². The van der Waals surface area contributed by atoms with E-state index in [1.54, 1.807) is 0 Å². The molecule has 2 heterocycles. The van der Waals surface area contributed by atoms with Gasteiger partial charge in [0, 0.05) is 25.0 Å². The first kappa shape index (κ1) is 26.0. The van der Waals surface area contributed by atoms with Gasteiger partial charge in [-0.2, -0.15) is 0 Å². The topological polar surface area (TPSA) is 44.4 Å². The van der Waals surface area contributed by atoms with Crippen molar-refractivity contribution in [2.75, 3.05) is 32.7 Å². The van der Waals surface area contributed by atoms with Crippen LogP contribution in [0, 0.1) is 17.8 Å².